The Morgan fingerprint density at radius 3 is 2.60 bits per heavy atom. The third-order valence-electron chi connectivity index (χ3n) is 3.54. The molecule has 0 bridgehead atoms. The molecular weight excluding hydrogens is 244 g/mol. The minimum Gasteiger partial charge on any atom is -0.464 e. The normalized spacial score (nSPS) is 12.1. The molecule has 4 rings (SSSR count). The Labute approximate surface area is 119 Å². The Morgan fingerprint density at radius 2 is 1.70 bits per heavy atom. The second-order valence-corrected chi connectivity index (χ2v) is 5.27. The molecule has 1 aliphatic carbocycles. The van der Waals surface area contributed by atoms with Crippen molar-refractivity contribution in [2.24, 2.45) is 0 Å². The molecule has 0 saturated heterocycles. The van der Waals surface area contributed by atoms with Crippen LogP contribution in [0, 0.1) is 13.8 Å². The number of furan rings is 1. The van der Waals surface area contributed by atoms with Crippen LogP contribution in [0.1, 0.15) is 22.3 Å². The highest BCUT2D eigenvalue weighted by atomic mass is 16.3. The van der Waals surface area contributed by atoms with Crippen LogP contribution in [0.2, 0.25) is 0 Å². The highest BCUT2D eigenvalue weighted by Gasteiger charge is 2.02. The first-order valence-corrected chi connectivity index (χ1v) is 6.92. The zero-order valence-corrected chi connectivity index (χ0v) is 11.9. The van der Waals surface area contributed by atoms with E-state index in [0.717, 1.165) is 12.0 Å². The average molecular weight is 262 g/mol. The first kappa shape index (κ1) is 12.7. The van der Waals surface area contributed by atoms with Crippen molar-refractivity contribution in [1.82, 2.24) is 0 Å². The minimum atomic E-state index is 0.964. The molecule has 0 spiro atoms. The maximum absolute atomic E-state index is 5.17. The SMILES string of the molecule is Cc1ccc2c(c1)CC=C2.Cc1ccc2occc2c1. The third-order valence-corrected chi connectivity index (χ3v) is 3.54. The molecule has 100 valence electrons. The summed E-state index contributed by atoms with van der Waals surface area (Å²) in [6.07, 6.45) is 7.24. The minimum absolute atomic E-state index is 0.964. The fourth-order valence-electron chi connectivity index (χ4n) is 2.47. The molecule has 1 aromatic heterocycles. The van der Waals surface area contributed by atoms with Crippen LogP contribution < -0.4 is 0 Å². The highest BCUT2D eigenvalue weighted by molar-refractivity contribution is 5.77. The topological polar surface area (TPSA) is 13.1 Å². The lowest BCUT2D eigenvalue weighted by Gasteiger charge is -1.98. The monoisotopic (exact) mass is 262 g/mol. The van der Waals surface area contributed by atoms with E-state index < -0.39 is 0 Å². The van der Waals surface area contributed by atoms with Crippen molar-refractivity contribution >= 4 is 17.0 Å². The van der Waals surface area contributed by atoms with E-state index >= 15 is 0 Å². The Balaban J connectivity index is 0.000000121. The fourth-order valence-corrected chi connectivity index (χ4v) is 2.47. The van der Waals surface area contributed by atoms with Gasteiger partial charge in [0.25, 0.3) is 0 Å². The number of rotatable bonds is 0. The summed E-state index contributed by atoms with van der Waals surface area (Å²) in [5, 5.41) is 1.18. The standard InChI is InChI=1S/C10H10.C9H8O/c1-8-5-6-9-3-2-4-10(9)7-8;1-7-2-3-9-8(6-7)4-5-10-9/h2-3,5-7H,4H2,1H3;2-6H,1H3. The van der Waals surface area contributed by atoms with Crippen LogP contribution in [0.3, 0.4) is 0 Å². The molecule has 0 radical (unpaired) electrons. The van der Waals surface area contributed by atoms with Gasteiger partial charge in [-0.25, -0.2) is 0 Å². The zero-order chi connectivity index (χ0) is 13.9. The summed E-state index contributed by atoms with van der Waals surface area (Å²) >= 11 is 0. The molecule has 1 heteroatoms. The van der Waals surface area contributed by atoms with Gasteiger partial charge in [0.15, 0.2) is 0 Å². The smallest absolute Gasteiger partial charge is 0.133 e. The fraction of sp³-hybridized carbons (Fsp3) is 0.158. The largest absolute Gasteiger partial charge is 0.464 e. The van der Waals surface area contributed by atoms with Crippen molar-refractivity contribution in [2.45, 2.75) is 20.3 Å². The Bertz CT molecular complexity index is 762. The summed E-state index contributed by atoms with van der Waals surface area (Å²) in [7, 11) is 0. The van der Waals surface area contributed by atoms with Crippen molar-refractivity contribution in [3.05, 3.63) is 77.1 Å². The van der Waals surface area contributed by atoms with Gasteiger partial charge in [-0.05, 0) is 49.6 Å². The number of allylic oxidation sites excluding steroid dienone is 1. The van der Waals surface area contributed by atoms with Gasteiger partial charge in [0.1, 0.15) is 5.58 Å². The van der Waals surface area contributed by atoms with Crippen molar-refractivity contribution in [3.63, 3.8) is 0 Å². The molecular formula is C19H18O. The third kappa shape index (κ3) is 2.67. The highest BCUT2D eigenvalue weighted by Crippen LogP contribution is 2.19. The molecule has 0 aliphatic heterocycles. The van der Waals surface area contributed by atoms with E-state index in [9.17, 15) is 0 Å². The molecule has 0 amide bonds. The first-order chi connectivity index (χ1) is 9.72. The second kappa shape index (κ2) is 5.38. The summed E-state index contributed by atoms with van der Waals surface area (Å²) in [5.74, 6) is 0. The van der Waals surface area contributed by atoms with E-state index in [1.807, 2.05) is 18.2 Å². The van der Waals surface area contributed by atoms with Crippen LogP contribution in [-0.4, -0.2) is 0 Å². The van der Waals surface area contributed by atoms with Crippen LogP contribution >= 0.6 is 0 Å². The van der Waals surface area contributed by atoms with Gasteiger partial charge in [-0.2, -0.15) is 0 Å². The van der Waals surface area contributed by atoms with Crippen LogP contribution in [-0.2, 0) is 6.42 Å². The molecule has 0 unspecified atom stereocenters. The number of aryl methyl sites for hydroxylation is 2. The van der Waals surface area contributed by atoms with Gasteiger partial charge in [0.2, 0.25) is 0 Å². The molecule has 3 aromatic rings. The maximum Gasteiger partial charge on any atom is 0.133 e. The van der Waals surface area contributed by atoms with Gasteiger partial charge >= 0.3 is 0 Å². The lowest BCUT2D eigenvalue weighted by Crippen LogP contribution is -1.81. The summed E-state index contributed by atoms with van der Waals surface area (Å²) < 4.78 is 5.17. The van der Waals surface area contributed by atoms with Crippen LogP contribution in [0.15, 0.2) is 59.2 Å². The molecule has 0 fully saturated rings. The van der Waals surface area contributed by atoms with E-state index in [2.05, 4.69) is 50.3 Å². The summed E-state index contributed by atoms with van der Waals surface area (Å²) in [6.45, 7) is 4.21. The van der Waals surface area contributed by atoms with Crippen LogP contribution in [0.4, 0.5) is 0 Å². The molecule has 0 saturated carbocycles. The predicted octanol–water partition coefficient (Wildman–Crippen LogP) is 5.31. The van der Waals surface area contributed by atoms with Crippen molar-refractivity contribution in [2.75, 3.05) is 0 Å². The van der Waals surface area contributed by atoms with Gasteiger partial charge in [-0.1, -0.05) is 47.5 Å². The van der Waals surface area contributed by atoms with Gasteiger partial charge in [-0.15, -0.1) is 0 Å². The lowest BCUT2D eigenvalue weighted by molar-refractivity contribution is 0.616. The van der Waals surface area contributed by atoms with E-state index in [0.29, 0.717) is 0 Å². The van der Waals surface area contributed by atoms with E-state index in [4.69, 9.17) is 4.42 Å². The van der Waals surface area contributed by atoms with Crippen LogP contribution in [0.5, 0.6) is 0 Å². The summed E-state index contributed by atoms with van der Waals surface area (Å²) in [6, 6.07) is 14.7. The predicted molar refractivity (Wildman–Crippen MR) is 84.9 cm³/mol. The maximum atomic E-state index is 5.17. The van der Waals surface area contributed by atoms with Gasteiger partial charge in [-0.3, -0.25) is 0 Å². The molecule has 1 heterocycles. The molecule has 20 heavy (non-hydrogen) atoms. The molecule has 1 nitrogen and oxygen atoms in total. The van der Waals surface area contributed by atoms with E-state index in [1.54, 1.807) is 6.26 Å². The van der Waals surface area contributed by atoms with Crippen molar-refractivity contribution in [3.8, 4) is 0 Å². The molecule has 0 N–H and O–H groups in total. The number of benzene rings is 2. The average Bonchev–Trinajstić information content (AvgIpc) is 3.06. The van der Waals surface area contributed by atoms with Gasteiger partial charge in [0, 0.05) is 5.39 Å². The number of hydrogen-bond acceptors (Lipinski definition) is 1. The summed E-state index contributed by atoms with van der Waals surface area (Å²) in [5.41, 5.74) is 6.47. The van der Waals surface area contributed by atoms with Gasteiger partial charge < -0.3 is 4.42 Å². The molecule has 0 atom stereocenters. The molecule has 1 aliphatic rings. The van der Waals surface area contributed by atoms with E-state index in [-0.39, 0.29) is 0 Å². The lowest BCUT2D eigenvalue weighted by atomic mass is 10.1. The molecule has 2 aromatic carbocycles. The second-order valence-electron chi connectivity index (χ2n) is 5.27. The van der Waals surface area contributed by atoms with Crippen LogP contribution in [0.25, 0.3) is 17.0 Å². The first-order valence-electron chi connectivity index (χ1n) is 6.92. The van der Waals surface area contributed by atoms with Crippen molar-refractivity contribution < 1.29 is 4.42 Å². The quantitative estimate of drug-likeness (QED) is 0.535. The Hall–Kier alpha value is -2.28. The Kier molecular flexibility index (Phi) is 3.42. The Morgan fingerprint density at radius 1 is 0.900 bits per heavy atom. The van der Waals surface area contributed by atoms with E-state index in [1.165, 1.54) is 27.6 Å². The van der Waals surface area contributed by atoms with Crippen molar-refractivity contribution in [1.29, 1.82) is 0 Å². The number of hydrogen-bond donors (Lipinski definition) is 0. The number of fused-ring (bicyclic) bond motifs is 2. The zero-order valence-electron chi connectivity index (χ0n) is 11.9. The summed E-state index contributed by atoms with van der Waals surface area (Å²) in [4.78, 5) is 0. The van der Waals surface area contributed by atoms with Gasteiger partial charge in [0.05, 0.1) is 6.26 Å².